The number of aliphatic hydroxyl groups excluding tert-OH is 1. The Bertz CT molecular complexity index is 1410. The molecule has 4 N–H and O–H groups in total. The van der Waals surface area contributed by atoms with Gasteiger partial charge in [-0.25, -0.2) is 18.7 Å². The van der Waals surface area contributed by atoms with Gasteiger partial charge in [0.05, 0.1) is 22.5 Å². The molecule has 0 spiro atoms. The Morgan fingerprint density at radius 2 is 1.71 bits per heavy atom. The van der Waals surface area contributed by atoms with Gasteiger partial charge in [-0.1, -0.05) is 24.3 Å². The molecule has 0 radical (unpaired) electrons. The Labute approximate surface area is 199 Å². The number of para-hydroxylation sites is 1. The number of nitrogens with one attached hydrogen (secondary N) is 2. The number of carbonyl (C=O) groups is 1. The van der Waals surface area contributed by atoms with Crippen LogP contribution in [0.1, 0.15) is 30.7 Å². The molecule has 0 aliphatic rings. The van der Waals surface area contributed by atoms with Crippen LogP contribution in [-0.2, 0) is 4.79 Å². The molecule has 0 bridgehead atoms. The number of fused-ring (bicyclic) bond motifs is 1. The van der Waals surface area contributed by atoms with Crippen LogP contribution in [0.25, 0.3) is 22.3 Å². The van der Waals surface area contributed by atoms with Crippen molar-refractivity contribution in [2.45, 2.75) is 25.5 Å². The van der Waals surface area contributed by atoms with Crippen molar-refractivity contribution in [2.24, 2.45) is 0 Å². The smallest absolute Gasteiger partial charge is 0.253 e. The predicted molar refractivity (Wildman–Crippen MR) is 127 cm³/mol. The summed E-state index contributed by atoms with van der Waals surface area (Å²) in [6.45, 7) is 1.65. The first-order chi connectivity index (χ1) is 16.7. The third-order valence-electron chi connectivity index (χ3n) is 5.42. The zero-order chi connectivity index (χ0) is 25.1. The molecule has 7 nitrogen and oxygen atoms in total. The first-order valence-electron chi connectivity index (χ1n) is 10.8. The van der Waals surface area contributed by atoms with E-state index in [4.69, 9.17) is 5.41 Å². The van der Waals surface area contributed by atoms with E-state index in [0.717, 1.165) is 12.1 Å². The summed E-state index contributed by atoms with van der Waals surface area (Å²) in [5, 5.41) is 32.1. The number of aromatic nitrogens is 2. The van der Waals surface area contributed by atoms with E-state index in [0.29, 0.717) is 16.5 Å². The number of hydrogen-bond acceptors (Lipinski definition) is 6. The molecule has 0 saturated heterocycles. The molecule has 4 aromatic rings. The molecule has 2 atom stereocenters. The van der Waals surface area contributed by atoms with Crippen LogP contribution in [0.4, 0.5) is 8.78 Å². The van der Waals surface area contributed by atoms with E-state index in [-0.39, 0.29) is 35.0 Å². The maximum absolute atomic E-state index is 14.0. The van der Waals surface area contributed by atoms with Gasteiger partial charge in [0.15, 0.2) is 11.9 Å². The van der Waals surface area contributed by atoms with Gasteiger partial charge < -0.3 is 20.9 Å². The van der Waals surface area contributed by atoms with Crippen LogP contribution in [0, 0.1) is 17.0 Å². The number of halogens is 2. The van der Waals surface area contributed by atoms with E-state index in [1.54, 1.807) is 25.1 Å². The largest absolute Gasteiger partial charge is 0.507 e. The minimum Gasteiger partial charge on any atom is -0.507 e. The summed E-state index contributed by atoms with van der Waals surface area (Å²) in [4.78, 5) is 21.3. The number of amides is 1. The van der Waals surface area contributed by atoms with Crippen molar-refractivity contribution in [1.82, 2.24) is 15.3 Å². The lowest BCUT2D eigenvalue weighted by Crippen LogP contribution is -2.37. The van der Waals surface area contributed by atoms with Gasteiger partial charge in [-0.3, -0.25) is 4.79 Å². The molecule has 0 saturated carbocycles. The van der Waals surface area contributed by atoms with Gasteiger partial charge in [-0.05, 0) is 55.0 Å². The van der Waals surface area contributed by atoms with Crippen LogP contribution < -0.4 is 5.32 Å². The molecular formula is C26H22F2N4O3. The van der Waals surface area contributed by atoms with Gasteiger partial charge in [0.1, 0.15) is 17.4 Å². The van der Waals surface area contributed by atoms with Gasteiger partial charge in [0, 0.05) is 17.8 Å². The maximum atomic E-state index is 14.0. The summed E-state index contributed by atoms with van der Waals surface area (Å²) in [6.07, 6.45) is -1.49. The fourth-order valence-electron chi connectivity index (χ4n) is 3.69. The minimum absolute atomic E-state index is 0.00347. The van der Waals surface area contributed by atoms with Crippen LogP contribution in [0.5, 0.6) is 5.75 Å². The number of carbonyl (C=O) groups excluding carboxylic acids is 1. The number of benzene rings is 3. The molecule has 1 heterocycles. The third-order valence-corrected chi connectivity index (χ3v) is 5.42. The normalized spacial score (nSPS) is 12.8. The lowest BCUT2D eigenvalue weighted by molar-refractivity contribution is -0.130. The van der Waals surface area contributed by atoms with E-state index in [9.17, 15) is 23.8 Å². The van der Waals surface area contributed by atoms with Gasteiger partial charge in [0.25, 0.3) is 5.91 Å². The van der Waals surface area contributed by atoms with Crippen LogP contribution in [-0.4, -0.2) is 37.8 Å². The van der Waals surface area contributed by atoms with Crippen LogP contribution >= 0.6 is 0 Å². The predicted octanol–water partition coefficient (Wildman–Crippen LogP) is 4.28. The summed E-state index contributed by atoms with van der Waals surface area (Å²) in [5.74, 6) is -1.58. The van der Waals surface area contributed by atoms with Gasteiger partial charge in [0.2, 0.25) is 0 Å². The fourth-order valence-corrected chi connectivity index (χ4v) is 3.69. The minimum atomic E-state index is -1.51. The molecule has 3 aromatic carbocycles. The molecule has 1 aromatic heterocycles. The number of aromatic hydroxyl groups is 1. The fraction of sp³-hybridized carbons (Fsp3) is 0.154. The molecule has 178 valence electrons. The Kier molecular flexibility index (Phi) is 6.79. The second-order valence-corrected chi connectivity index (χ2v) is 8.12. The van der Waals surface area contributed by atoms with E-state index in [1.807, 2.05) is 0 Å². The summed E-state index contributed by atoms with van der Waals surface area (Å²) >= 11 is 0. The Balaban J connectivity index is 1.59. The number of phenolic OH excluding ortho intramolecular Hbond substituents is 1. The Hall–Kier alpha value is -4.24. The highest BCUT2D eigenvalue weighted by Gasteiger charge is 2.22. The zero-order valence-electron chi connectivity index (χ0n) is 18.7. The number of rotatable bonds is 7. The third kappa shape index (κ3) is 5.30. The van der Waals surface area contributed by atoms with Crippen molar-refractivity contribution in [3.63, 3.8) is 0 Å². The quantitative estimate of drug-likeness (QED) is 0.297. The van der Waals surface area contributed by atoms with Crippen molar-refractivity contribution in [3.05, 3.63) is 89.6 Å². The second-order valence-electron chi connectivity index (χ2n) is 8.12. The highest BCUT2D eigenvalue weighted by atomic mass is 19.1. The summed E-state index contributed by atoms with van der Waals surface area (Å²) in [6, 6.07) is 14.8. The zero-order valence-corrected chi connectivity index (χ0v) is 18.7. The van der Waals surface area contributed by atoms with Crippen molar-refractivity contribution < 1.29 is 23.8 Å². The van der Waals surface area contributed by atoms with Crippen LogP contribution in [0.3, 0.4) is 0 Å². The lowest BCUT2D eigenvalue weighted by Gasteiger charge is -2.18. The number of hydrogen-bond donors (Lipinski definition) is 4. The molecule has 0 aliphatic carbocycles. The second kappa shape index (κ2) is 9.94. The molecule has 0 aliphatic heterocycles. The molecule has 1 amide bonds. The van der Waals surface area contributed by atoms with Crippen LogP contribution in [0.15, 0.2) is 66.7 Å². The first kappa shape index (κ1) is 23.9. The highest BCUT2D eigenvalue weighted by molar-refractivity contribution is 6.07. The Morgan fingerprint density at radius 3 is 2.43 bits per heavy atom. The Morgan fingerprint density at radius 1 is 1.03 bits per heavy atom. The topological polar surface area (TPSA) is 119 Å². The maximum Gasteiger partial charge on any atom is 0.253 e. The summed E-state index contributed by atoms with van der Waals surface area (Å²) in [5.41, 5.74) is 1.15. The summed E-state index contributed by atoms with van der Waals surface area (Å²) < 4.78 is 27.1. The first-order valence-corrected chi connectivity index (χ1v) is 10.8. The van der Waals surface area contributed by atoms with E-state index < -0.39 is 29.7 Å². The van der Waals surface area contributed by atoms with Crippen molar-refractivity contribution >= 4 is 22.5 Å². The molecule has 9 heteroatoms. The van der Waals surface area contributed by atoms with Crippen LogP contribution in [0.2, 0.25) is 0 Å². The molecule has 4 rings (SSSR count). The van der Waals surface area contributed by atoms with Gasteiger partial charge in [-0.2, -0.15) is 0 Å². The van der Waals surface area contributed by atoms with Crippen molar-refractivity contribution in [3.8, 4) is 17.1 Å². The van der Waals surface area contributed by atoms with Crippen molar-refractivity contribution in [2.75, 3.05) is 0 Å². The number of aliphatic hydroxyl groups is 1. The van der Waals surface area contributed by atoms with E-state index >= 15 is 0 Å². The lowest BCUT2D eigenvalue weighted by atomic mass is 10.0. The van der Waals surface area contributed by atoms with E-state index in [2.05, 4.69) is 15.3 Å². The molecule has 1 unspecified atom stereocenters. The average molecular weight is 476 g/mol. The van der Waals surface area contributed by atoms with E-state index in [1.165, 1.54) is 36.4 Å². The van der Waals surface area contributed by atoms with Gasteiger partial charge in [-0.15, -0.1) is 0 Å². The molecule has 0 fully saturated rings. The summed E-state index contributed by atoms with van der Waals surface area (Å²) in [7, 11) is 0. The monoisotopic (exact) mass is 476 g/mol. The molecular weight excluding hydrogens is 454 g/mol. The average Bonchev–Trinajstić information content (AvgIpc) is 2.83. The number of nitrogens with zero attached hydrogens (tertiary/aromatic N) is 2. The molecule has 35 heavy (non-hydrogen) atoms. The van der Waals surface area contributed by atoms with Gasteiger partial charge >= 0.3 is 0 Å². The highest BCUT2D eigenvalue weighted by Crippen LogP contribution is 2.29. The number of phenols is 1. The van der Waals surface area contributed by atoms with Crippen molar-refractivity contribution in [1.29, 1.82) is 5.41 Å². The standard InChI is InChI=1S/C26H22F2N4O3/c1-14(30-26(35)24(34)15-6-8-16(27)9-7-15)12-20(29)23-19-13-17(28)10-11-21(19)31-25(32-23)18-4-2-3-5-22(18)33/h2-11,13-14,24,29,33-34H,12H2,1H3,(H,30,35)/t14-,24?/m1/s1. The SMILES string of the molecule is C[C@H](CC(=N)c1nc(-c2ccccc2O)nc2ccc(F)cc12)NC(=O)C(O)c1ccc(F)cc1.